The summed E-state index contributed by atoms with van der Waals surface area (Å²) in [6.45, 7) is 5.49. The molecule has 0 saturated carbocycles. The second-order valence-electron chi connectivity index (χ2n) is 5.47. The fraction of sp³-hybridized carbons (Fsp3) is 0.643. The molecule has 2 aliphatic heterocycles. The van der Waals surface area contributed by atoms with Crippen molar-refractivity contribution in [3.05, 3.63) is 23.0 Å². The van der Waals surface area contributed by atoms with Crippen LogP contribution >= 0.6 is 11.6 Å². The maximum Gasteiger partial charge on any atom is 0.132 e. The molecular weight excluding hydrogens is 246 g/mol. The summed E-state index contributed by atoms with van der Waals surface area (Å²) >= 11 is 5.99. The first-order chi connectivity index (χ1) is 8.74. The summed E-state index contributed by atoms with van der Waals surface area (Å²) in [6.07, 6.45) is 5.78. The molecule has 2 fully saturated rings. The van der Waals surface area contributed by atoms with Gasteiger partial charge in [-0.25, -0.2) is 4.98 Å². The van der Waals surface area contributed by atoms with Crippen LogP contribution in [0.2, 0.25) is 5.15 Å². The van der Waals surface area contributed by atoms with Gasteiger partial charge in [-0.2, -0.15) is 0 Å². The van der Waals surface area contributed by atoms with E-state index in [2.05, 4.69) is 21.3 Å². The highest BCUT2D eigenvalue weighted by molar-refractivity contribution is 6.30. The van der Waals surface area contributed by atoms with Gasteiger partial charge in [-0.05, 0) is 50.3 Å². The molecule has 1 aromatic heterocycles. The minimum atomic E-state index is 0.618. The third-order valence-corrected chi connectivity index (χ3v) is 4.73. The fourth-order valence-corrected chi connectivity index (χ4v) is 3.31. The average Bonchev–Trinajstić information content (AvgIpc) is 2.72. The van der Waals surface area contributed by atoms with Gasteiger partial charge < -0.3 is 10.2 Å². The maximum absolute atomic E-state index is 5.99. The number of nitrogens with zero attached hydrogens (tertiary/aromatic N) is 2. The number of aryl methyl sites for hydroxylation is 1. The molecule has 0 aliphatic carbocycles. The number of aromatic nitrogens is 1. The molecule has 4 heteroatoms. The Morgan fingerprint density at radius 3 is 3.00 bits per heavy atom. The molecular formula is C14H20ClN3. The van der Waals surface area contributed by atoms with Gasteiger partial charge >= 0.3 is 0 Å². The molecule has 2 atom stereocenters. The molecule has 18 heavy (non-hydrogen) atoms. The molecule has 0 spiro atoms. The average molecular weight is 266 g/mol. The zero-order valence-electron chi connectivity index (χ0n) is 10.8. The highest BCUT2D eigenvalue weighted by Gasteiger charge is 2.30. The largest absolute Gasteiger partial charge is 0.370 e. The summed E-state index contributed by atoms with van der Waals surface area (Å²) in [5.74, 6) is 0.872. The molecule has 0 radical (unpaired) electrons. The van der Waals surface area contributed by atoms with Gasteiger partial charge in [-0.1, -0.05) is 11.6 Å². The van der Waals surface area contributed by atoms with E-state index in [9.17, 15) is 0 Å². The van der Waals surface area contributed by atoms with Crippen LogP contribution in [0, 0.1) is 12.8 Å². The van der Waals surface area contributed by atoms with Crippen LogP contribution < -0.4 is 10.2 Å². The Bertz CT molecular complexity index is 421. The topological polar surface area (TPSA) is 28.2 Å². The molecule has 0 unspecified atom stereocenters. The quantitative estimate of drug-likeness (QED) is 0.792. The number of pyridine rings is 1. The monoisotopic (exact) mass is 265 g/mol. The summed E-state index contributed by atoms with van der Waals surface area (Å²) in [5.41, 5.74) is 2.29. The lowest BCUT2D eigenvalue weighted by molar-refractivity contribution is 0.436. The molecule has 1 aromatic rings. The maximum atomic E-state index is 5.99. The van der Waals surface area contributed by atoms with Gasteiger partial charge in [0.1, 0.15) is 5.15 Å². The second kappa shape index (κ2) is 5.06. The number of fused-ring (bicyclic) bond motifs is 1. The van der Waals surface area contributed by atoms with E-state index in [0.29, 0.717) is 5.15 Å². The van der Waals surface area contributed by atoms with E-state index in [4.69, 9.17) is 11.6 Å². The van der Waals surface area contributed by atoms with E-state index < -0.39 is 0 Å². The highest BCUT2D eigenvalue weighted by Crippen LogP contribution is 2.28. The lowest BCUT2D eigenvalue weighted by Gasteiger charge is -2.23. The standard InChI is InChI=1S/C14H20ClN3/c1-10-8-12(9-17-14(10)15)18-6-3-11-2-5-16-13(11)4-7-18/h8-9,11,13,16H,2-7H2,1H3/t11-,13+/m0/s1. The molecule has 98 valence electrons. The second-order valence-corrected chi connectivity index (χ2v) is 5.83. The Morgan fingerprint density at radius 1 is 1.33 bits per heavy atom. The Hall–Kier alpha value is -0.800. The minimum Gasteiger partial charge on any atom is -0.370 e. The summed E-state index contributed by atoms with van der Waals surface area (Å²) in [6, 6.07) is 2.89. The molecule has 3 heterocycles. The lowest BCUT2D eigenvalue weighted by atomic mass is 9.96. The summed E-state index contributed by atoms with van der Waals surface area (Å²) in [4.78, 5) is 6.72. The van der Waals surface area contributed by atoms with Crippen molar-refractivity contribution in [3.8, 4) is 0 Å². The lowest BCUT2D eigenvalue weighted by Crippen LogP contribution is -2.28. The van der Waals surface area contributed by atoms with Crippen LogP contribution in [0.15, 0.2) is 12.3 Å². The Kier molecular flexibility index (Phi) is 3.44. The van der Waals surface area contributed by atoms with E-state index in [-0.39, 0.29) is 0 Å². The SMILES string of the molecule is Cc1cc(N2CC[C@@H]3CCN[C@@H]3CC2)cnc1Cl. The van der Waals surface area contributed by atoms with E-state index in [1.54, 1.807) is 0 Å². The normalized spacial score (nSPS) is 28.0. The number of halogens is 1. The fourth-order valence-electron chi connectivity index (χ4n) is 3.21. The van der Waals surface area contributed by atoms with Crippen molar-refractivity contribution < 1.29 is 0 Å². The van der Waals surface area contributed by atoms with Crippen molar-refractivity contribution in [2.24, 2.45) is 5.92 Å². The third-order valence-electron chi connectivity index (χ3n) is 4.34. The molecule has 0 bridgehead atoms. The van der Waals surface area contributed by atoms with Crippen LogP contribution in [0.1, 0.15) is 24.8 Å². The van der Waals surface area contributed by atoms with E-state index in [1.807, 2.05) is 13.1 Å². The van der Waals surface area contributed by atoms with Gasteiger partial charge in [-0.15, -0.1) is 0 Å². The highest BCUT2D eigenvalue weighted by atomic mass is 35.5. The van der Waals surface area contributed by atoms with Crippen molar-refractivity contribution >= 4 is 17.3 Å². The summed E-state index contributed by atoms with van der Waals surface area (Å²) < 4.78 is 0. The van der Waals surface area contributed by atoms with Crippen LogP contribution in [-0.2, 0) is 0 Å². The van der Waals surface area contributed by atoms with Crippen molar-refractivity contribution in [1.29, 1.82) is 0 Å². The first-order valence-corrected chi connectivity index (χ1v) is 7.22. The Morgan fingerprint density at radius 2 is 2.17 bits per heavy atom. The number of rotatable bonds is 1. The zero-order valence-corrected chi connectivity index (χ0v) is 11.6. The molecule has 2 aliphatic rings. The first-order valence-electron chi connectivity index (χ1n) is 6.84. The predicted molar refractivity (Wildman–Crippen MR) is 75.3 cm³/mol. The molecule has 0 aromatic carbocycles. The molecule has 2 saturated heterocycles. The van der Waals surface area contributed by atoms with Gasteiger partial charge in [0, 0.05) is 19.1 Å². The minimum absolute atomic E-state index is 0.618. The Balaban J connectivity index is 1.74. The van der Waals surface area contributed by atoms with Crippen LogP contribution in [0.25, 0.3) is 0 Å². The predicted octanol–water partition coefficient (Wildman–Crippen LogP) is 2.62. The third kappa shape index (κ3) is 2.34. The summed E-state index contributed by atoms with van der Waals surface area (Å²) in [5, 5.41) is 4.25. The van der Waals surface area contributed by atoms with Crippen molar-refractivity contribution in [1.82, 2.24) is 10.3 Å². The van der Waals surface area contributed by atoms with Gasteiger partial charge in [0.05, 0.1) is 11.9 Å². The van der Waals surface area contributed by atoms with Gasteiger partial charge in [0.15, 0.2) is 0 Å². The summed E-state index contributed by atoms with van der Waals surface area (Å²) in [7, 11) is 0. The Labute approximate surface area is 114 Å². The van der Waals surface area contributed by atoms with E-state index in [1.165, 1.54) is 31.5 Å². The van der Waals surface area contributed by atoms with Crippen LogP contribution in [-0.4, -0.2) is 30.7 Å². The van der Waals surface area contributed by atoms with Crippen molar-refractivity contribution in [2.45, 2.75) is 32.2 Å². The van der Waals surface area contributed by atoms with Gasteiger partial charge in [0.2, 0.25) is 0 Å². The number of hydrogen-bond acceptors (Lipinski definition) is 3. The van der Waals surface area contributed by atoms with Crippen LogP contribution in [0.3, 0.4) is 0 Å². The van der Waals surface area contributed by atoms with Crippen molar-refractivity contribution in [2.75, 3.05) is 24.5 Å². The molecule has 3 rings (SSSR count). The number of hydrogen-bond donors (Lipinski definition) is 1. The van der Waals surface area contributed by atoms with Gasteiger partial charge in [0.25, 0.3) is 0 Å². The zero-order chi connectivity index (χ0) is 12.5. The van der Waals surface area contributed by atoms with Crippen LogP contribution in [0.5, 0.6) is 0 Å². The first kappa shape index (κ1) is 12.2. The van der Waals surface area contributed by atoms with Gasteiger partial charge in [-0.3, -0.25) is 0 Å². The smallest absolute Gasteiger partial charge is 0.132 e. The van der Waals surface area contributed by atoms with Crippen LogP contribution in [0.4, 0.5) is 5.69 Å². The molecule has 1 N–H and O–H groups in total. The number of anilines is 1. The van der Waals surface area contributed by atoms with E-state index in [0.717, 1.165) is 30.6 Å². The molecule has 3 nitrogen and oxygen atoms in total. The van der Waals surface area contributed by atoms with E-state index >= 15 is 0 Å². The van der Waals surface area contributed by atoms with Crippen molar-refractivity contribution in [3.63, 3.8) is 0 Å². The number of nitrogens with one attached hydrogen (secondary N) is 1. The molecule has 0 amide bonds.